The van der Waals surface area contributed by atoms with Crippen molar-refractivity contribution in [2.75, 3.05) is 0 Å². The fourth-order valence-corrected chi connectivity index (χ4v) is 3.79. The van der Waals surface area contributed by atoms with Gasteiger partial charge in [-0.1, -0.05) is 30.3 Å². The molecule has 4 rings (SSSR count). The lowest BCUT2D eigenvalue weighted by molar-refractivity contribution is -0.384. The first-order chi connectivity index (χ1) is 16.6. The van der Waals surface area contributed by atoms with Gasteiger partial charge in [0.1, 0.15) is 5.69 Å². The van der Waals surface area contributed by atoms with E-state index in [1.54, 1.807) is 37.3 Å². The van der Waals surface area contributed by atoms with Gasteiger partial charge in [0, 0.05) is 23.1 Å². The van der Waals surface area contributed by atoms with Crippen LogP contribution in [-0.2, 0) is 6.18 Å². The molecule has 0 bridgehead atoms. The summed E-state index contributed by atoms with van der Waals surface area (Å²) < 4.78 is 41.6. The van der Waals surface area contributed by atoms with Crippen molar-refractivity contribution in [3.63, 3.8) is 0 Å². The highest BCUT2D eigenvalue weighted by Crippen LogP contribution is 2.34. The normalized spacial score (nSPS) is 11.9. The summed E-state index contributed by atoms with van der Waals surface area (Å²) in [5.74, 6) is -0.738. The first-order valence-electron chi connectivity index (χ1n) is 9.91. The topological polar surface area (TPSA) is 115 Å². The third kappa shape index (κ3) is 5.24. The van der Waals surface area contributed by atoms with E-state index in [-0.39, 0.29) is 22.2 Å². The second-order valence-electron chi connectivity index (χ2n) is 7.15. The molecule has 0 aliphatic heterocycles. The lowest BCUT2D eigenvalue weighted by atomic mass is 10.1. The predicted octanol–water partition coefficient (Wildman–Crippen LogP) is 5.08. The molecule has 4 aromatic rings. The number of nitrogens with zero attached hydrogens (tertiary/aromatic N) is 5. The van der Waals surface area contributed by atoms with Crippen molar-refractivity contribution in [2.24, 2.45) is 5.10 Å². The summed E-state index contributed by atoms with van der Waals surface area (Å²) in [5.41, 5.74) is 2.54. The molecule has 0 spiro atoms. The number of halogens is 3. The Hall–Kier alpha value is -4.39. The molecule has 9 nitrogen and oxygen atoms in total. The van der Waals surface area contributed by atoms with Crippen LogP contribution in [0.3, 0.4) is 0 Å². The molecule has 2 aromatic carbocycles. The molecule has 13 heteroatoms. The van der Waals surface area contributed by atoms with Crippen molar-refractivity contribution in [1.29, 1.82) is 0 Å². The zero-order chi connectivity index (χ0) is 25.2. The maximum absolute atomic E-state index is 13.7. The van der Waals surface area contributed by atoms with Gasteiger partial charge in [0.2, 0.25) is 5.13 Å². The van der Waals surface area contributed by atoms with Crippen LogP contribution in [0.2, 0.25) is 0 Å². The van der Waals surface area contributed by atoms with Crippen LogP contribution in [-0.4, -0.2) is 31.3 Å². The number of carbonyl (C=O) groups is 1. The standard InChI is InChI=1S/C22H15F3N6O3S/c1-13(14-7-9-16(10-8-14)31(33)34)27-28-20(32)18-12-35-21(26-18)30-19(22(23,24)25)11-17(29-30)15-5-3-2-4-6-15/h2-12H,1H3,(H,28,32). The van der Waals surface area contributed by atoms with Gasteiger partial charge in [-0.05, 0) is 30.7 Å². The van der Waals surface area contributed by atoms with Crippen molar-refractivity contribution in [3.8, 4) is 16.4 Å². The Morgan fingerprint density at radius 3 is 2.46 bits per heavy atom. The van der Waals surface area contributed by atoms with Gasteiger partial charge < -0.3 is 0 Å². The zero-order valence-electron chi connectivity index (χ0n) is 17.9. The van der Waals surface area contributed by atoms with Crippen molar-refractivity contribution in [3.05, 3.63) is 93.1 Å². The minimum Gasteiger partial charge on any atom is -0.266 e. The Morgan fingerprint density at radius 1 is 1.14 bits per heavy atom. The molecule has 2 heterocycles. The van der Waals surface area contributed by atoms with Crippen LogP contribution in [0.1, 0.15) is 28.7 Å². The summed E-state index contributed by atoms with van der Waals surface area (Å²) in [6, 6.07) is 14.9. The minimum absolute atomic E-state index is 0.0899. The van der Waals surface area contributed by atoms with Crippen molar-refractivity contribution >= 4 is 28.6 Å². The largest absolute Gasteiger partial charge is 0.433 e. The van der Waals surface area contributed by atoms with Gasteiger partial charge in [-0.25, -0.2) is 15.1 Å². The highest BCUT2D eigenvalue weighted by Gasteiger charge is 2.37. The molecule has 0 radical (unpaired) electrons. The van der Waals surface area contributed by atoms with E-state index in [9.17, 15) is 28.1 Å². The van der Waals surface area contributed by atoms with E-state index in [1.807, 2.05) is 0 Å². The fourth-order valence-electron chi connectivity index (χ4n) is 3.03. The van der Waals surface area contributed by atoms with E-state index in [2.05, 4.69) is 20.6 Å². The smallest absolute Gasteiger partial charge is 0.266 e. The van der Waals surface area contributed by atoms with Crippen molar-refractivity contribution in [1.82, 2.24) is 20.2 Å². The Bertz CT molecular complexity index is 1410. The number of amides is 1. The number of thiazole rings is 1. The minimum atomic E-state index is -4.69. The number of hydrogen-bond acceptors (Lipinski definition) is 7. The molecule has 0 fully saturated rings. The first kappa shape index (κ1) is 23.8. The second-order valence-corrected chi connectivity index (χ2v) is 7.98. The number of carbonyl (C=O) groups excluding carboxylic acids is 1. The molecule has 0 unspecified atom stereocenters. The van der Waals surface area contributed by atoms with E-state index >= 15 is 0 Å². The average Bonchev–Trinajstić information content (AvgIpc) is 3.50. The number of alkyl halides is 3. The summed E-state index contributed by atoms with van der Waals surface area (Å²) in [5, 5.41) is 19.9. The highest BCUT2D eigenvalue weighted by atomic mass is 32.1. The van der Waals surface area contributed by atoms with Crippen LogP contribution >= 0.6 is 11.3 Å². The van der Waals surface area contributed by atoms with Crippen LogP contribution in [0.5, 0.6) is 0 Å². The van der Waals surface area contributed by atoms with Crippen molar-refractivity contribution in [2.45, 2.75) is 13.1 Å². The molecule has 0 saturated carbocycles. The number of benzene rings is 2. The number of hydrogen-bond donors (Lipinski definition) is 1. The van der Waals surface area contributed by atoms with Gasteiger partial charge >= 0.3 is 6.18 Å². The number of aromatic nitrogens is 3. The summed E-state index contributed by atoms with van der Waals surface area (Å²) >= 11 is 0.821. The quantitative estimate of drug-likeness (QED) is 0.225. The number of nitro groups is 1. The molecular weight excluding hydrogens is 485 g/mol. The van der Waals surface area contributed by atoms with E-state index in [0.29, 0.717) is 21.5 Å². The third-order valence-corrected chi connectivity index (χ3v) is 5.61. The Kier molecular flexibility index (Phi) is 6.42. The fraction of sp³-hybridized carbons (Fsp3) is 0.0909. The molecular formula is C22H15F3N6O3S. The lowest BCUT2D eigenvalue weighted by Crippen LogP contribution is -2.20. The van der Waals surface area contributed by atoms with Crippen LogP contribution in [0, 0.1) is 10.1 Å². The first-order valence-corrected chi connectivity index (χ1v) is 10.8. The van der Waals surface area contributed by atoms with Crippen LogP contribution in [0.25, 0.3) is 16.4 Å². The Balaban J connectivity index is 1.56. The number of hydrazone groups is 1. The highest BCUT2D eigenvalue weighted by molar-refractivity contribution is 7.12. The zero-order valence-corrected chi connectivity index (χ0v) is 18.7. The molecule has 0 saturated heterocycles. The van der Waals surface area contributed by atoms with Gasteiger partial charge in [-0.3, -0.25) is 14.9 Å². The van der Waals surface area contributed by atoms with Crippen LogP contribution < -0.4 is 5.43 Å². The molecule has 2 aromatic heterocycles. The summed E-state index contributed by atoms with van der Waals surface area (Å²) in [6.07, 6.45) is -4.69. The molecule has 0 aliphatic carbocycles. The van der Waals surface area contributed by atoms with E-state index < -0.39 is 22.7 Å². The second kappa shape index (κ2) is 9.46. The van der Waals surface area contributed by atoms with Gasteiger partial charge in [-0.15, -0.1) is 11.3 Å². The van der Waals surface area contributed by atoms with Gasteiger partial charge in [-0.2, -0.15) is 23.4 Å². The Labute approximate surface area is 199 Å². The maximum atomic E-state index is 13.7. The van der Waals surface area contributed by atoms with Crippen LogP contribution in [0.15, 0.2) is 71.1 Å². The summed E-state index contributed by atoms with van der Waals surface area (Å²) in [4.78, 5) is 26.7. The van der Waals surface area contributed by atoms with E-state index in [4.69, 9.17) is 0 Å². The molecule has 0 aliphatic rings. The predicted molar refractivity (Wildman–Crippen MR) is 122 cm³/mol. The number of rotatable bonds is 6. The number of nitrogens with one attached hydrogen (secondary N) is 1. The van der Waals surface area contributed by atoms with E-state index in [1.165, 1.54) is 29.6 Å². The monoisotopic (exact) mass is 500 g/mol. The molecule has 178 valence electrons. The molecule has 1 N–H and O–H groups in total. The average molecular weight is 500 g/mol. The van der Waals surface area contributed by atoms with Crippen molar-refractivity contribution < 1.29 is 22.9 Å². The summed E-state index contributed by atoms with van der Waals surface area (Å²) in [7, 11) is 0. The summed E-state index contributed by atoms with van der Waals surface area (Å²) in [6.45, 7) is 1.58. The van der Waals surface area contributed by atoms with Crippen LogP contribution in [0.4, 0.5) is 18.9 Å². The Morgan fingerprint density at radius 2 is 1.83 bits per heavy atom. The van der Waals surface area contributed by atoms with Gasteiger partial charge in [0.15, 0.2) is 5.69 Å². The van der Waals surface area contributed by atoms with Gasteiger partial charge in [0.25, 0.3) is 11.6 Å². The SMILES string of the molecule is CC(=NNC(=O)c1csc(-n2nc(-c3ccccc3)cc2C(F)(F)F)n1)c1ccc([N+](=O)[O-])cc1. The molecule has 0 atom stereocenters. The molecule has 1 amide bonds. The van der Waals surface area contributed by atoms with Gasteiger partial charge in [0.05, 0.1) is 16.3 Å². The number of non-ortho nitro benzene ring substituents is 1. The third-order valence-electron chi connectivity index (χ3n) is 4.80. The van der Waals surface area contributed by atoms with E-state index in [0.717, 1.165) is 17.4 Å². The maximum Gasteiger partial charge on any atom is 0.433 e. The lowest BCUT2D eigenvalue weighted by Gasteiger charge is -2.07. The molecule has 35 heavy (non-hydrogen) atoms. The number of nitro benzene ring substituents is 1.